The van der Waals surface area contributed by atoms with E-state index >= 15 is 0 Å². The summed E-state index contributed by atoms with van der Waals surface area (Å²) >= 11 is 0. The lowest BCUT2D eigenvalue weighted by atomic mass is 9.74. The fourth-order valence-corrected chi connectivity index (χ4v) is 5.29. The summed E-state index contributed by atoms with van der Waals surface area (Å²) in [5.41, 5.74) is 0.191. The molecule has 3 aliphatic rings. The maximum Gasteiger partial charge on any atom is 0.0650 e. The van der Waals surface area contributed by atoms with E-state index in [0.717, 1.165) is 30.1 Å². The van der Waals surface area contributed by atoms with Gasteiger partial charge in [-0.2, -0.15) is 0 Å². The maximum atomic E-state index is 10.7. The molecule has 0 aromatic heterocycles. The van der Waals surface area contributed by atoms with Crippen LogP contribution in [-0.4, -0.2) is 10.7 Å². The van der Waals surface area contributed by atoms with Gasteiger partial charge in [0.05, 0.1) is 5.60 Å². The number of aliphatic hydroxyl groups is 1. The van der Waals surface area contributed by atoms with Gasteiger partial charge in [-0.15, -0.1) is 0 Å². The van der Waals surface area contributed by atoms with Crippen molar-refractivity contribution in [2.45, 2.75) is 59.0 Å². The van der Waals surface area contributed by atoms with E-state index in [2.05, 4.69) is 27.7 Å². The first kappa shape index (κ1) is 11.1. The molecule has 92 valence electrons. The van der Waals surface area contributed by atoms with E-state index in [-0.39, 0.29) is 5.60 Å². The van der Waals surface area contributed by atoms with Crippen LogP contribution in [-0.2, 0) is 0 Å². The van der Waals surface area contributed by atoms with Gasteiger partial charge in [0.2, 0.25) is 0 Å². The zero-order valence-electron chi connectivity index (χ0n) is 11.2. The summed E-state index contributed by atoms with van der Waals surface area (Å²) in [6.07, 6.45) is 4.89. The highest BCUT2D eigenvalue weighted by molar-refractivity contribution is 5.14. The molecule has 0 radical (unpaired) electrons. The summed E-state index contributed by atoms with van der Waals surface area (Å²) in [4.78, 5) is 0. The van der Waals surface area contributed by atoms with Gasteiger partial charge in [0.25, 0.3) is 0 Å². The second-order valence-corrected chi connectivity index (χ2v) is 7.59. The summed E-state index contributed by atoms with van der Waals surface area (Å²) < 4.78 is 0. The quantitative estimate of drug-likeness (QED) is 0.665. The molecule has 3 saturated carbocycles. The van der Waals surface area contributed by atoms with Crippen LogP contribution in [0.1, 0.15) is 53.4 Å². The molecule has 16 heavy (non-hydrogen) atoms. The molecule has 1 nitrogen and oxygen atoms in total. The summed E-state index contributed by atoms with van der Waals surface area (Å²) in [5.74, 6) is 4.03. The minimum Gasteiger partial charge on any atom is -0.390 e. The third-order valence-corrected chi connectivity index (χ3v) is 6.37. The standard InChI is InChI=1S/C15H26O/c1-9-5-6-10-12(9)13-11(14(13,2)3)7-8-15(10,4)16/h9-13,16H,5-8H2,1-4H3/t9-,10+,11-,12+,13-,15+/m1/s1. The molecular weight excluding hydrogens is 196 g/mol. The van der Waals surface area contributed by atoms with Crippen molar-refractivity contribution in [3.8, 4) is 0 Å². The molecule has 3 fully saturated rings. The molecule has 0 bridgehead atoms. The van der Waals surface area contributed by atoms with Crippen LogP contribution in [0.5, 0.6) is 0 Å². The second-order valence-electron chi connectivity index (χ2n) is 7.59. The Morgan fingerprint density at radius 3 is 2.38 bits per heavy atom. The number of rotatable bonds is 0. The minimum atomic E-state index is -0.376. The summed E-state index contributed by atoms with van der Waals surface area (Å²) in [5, 5.41) is 10.7. The molecule has 0 amide bonds. The summed E-state index contributed by atoms with van der Waals surface area (Å²) in [7, 11) is 0. The van der Waals surface area contributed by atoms with Crippen LogP contribution in [0.4, 0.5) is 0 Å². The Kier molecular flexibility index (Phi) is 2.11. The first-order valence-electron chi connectivity index (χ1n) is 7.08. The van der Waals surface area contributed by atoms with Crippen LogP contribution in [0, 0.1) is 35.0 Å². The molecule has 1 N–H and O–H groups in total. The fraction of sp³-hybridized carbons (Fsp3) is 1.00. The van der Waals surface area contributed by atoms with E-state index < -0.39 is 0 Å². The van der Waals surface area contributed by atoms with Crippen LogP contribution in [0.25, 0.3) is 0 Å². The topological polar surface area (TPSA) is 20.2 Å². The van der Waals surface area contributed by atoms with Crippen molar-refractivity contribution in [3.05, 3.63) is 0 Å². The van der Waals surface area contributed by atoms with Crippen molar-refractivity contribution in [1.29, 1.82) is 0 Å². The Morgan fingerprint density at radius 1 is 1.00 bits per heavy atom. The van der Waals surface area contributed by atoms with Crippen molar-refractivity contribution in [2.24, 2.45) is 35.0 Å². The predicted octanol–water partition coefficient (Wildman–Crippen LogP) is 3.47. The van der Waals surface area contributed by atoms with E-state index in [1.807, 2.05) is 0 Å². The molecule has 6 atom stereocenters. The predicted molar refractivity (Wildman–Crippen MR) is 66.0 cm³/mol. The first-order chi connectivity index (χ1) is 7.36. The first-order valence-corrected chi connectivity index (χ1v) is 7.08. The van der Waals surface area contributed by atoms with Crippen molar-refractivity contribution in [3.63, 3.8) is 0 Å². The number of hydrogen-bond acceptors (Lipinski definition) is 1. The molecule has 0 aromatic rings. The van der Waals surface area contributed by atoms with Crippen LogP contribution in [0.3, 0.4) is 0 Å². The fourth-order valence-electron chi connectivity index (χ4n) is 5.29. The van der Waals surface area contributed by atoms with Crippen molar-refractivity contribution < 1.29 is 5.11 Å². The molecular formula is C15H26O. The van der Waals surface area contributed by atoms with Gasteiger partial charge < -0.3 is 5.11 Å². The van der Waals surface area contributed by atoms with Gasteiger partial charge in [-0.3, -0.25) is 0 Å². The van der Waals surface area contributed by atoms with E-state index in [1.54, 1.807) is 0 Å². The molecule has 0 aliphatic heterocycles. The Bertz CT molecular complexity index is 305. The van der Waals surface area contributed by atoms with Gasteiger partial charge in [0.1, 0.15) is 0 Å². The largest absolute Gasteiger partial charge is 0.390 e. The molecule has 0 unspecified atom stereocenters. The zero-order chi connectivity index (χ0) is 11.7. The molecule has 1 heteroatoms. The highest BCUT2D eigenvalue weighted by Gasteiger charge is 2.66. The van der Waals surface area contributed by atoms with Crippen LogP contribution in [0.2, 0.25) is 0 Å². The van der Waals surface area contributed by atoms with Gasteiger partial charge in [0, 0.05) is 0 Å². The average molecular weight is 222 g/mol. The SMILES string of the molecule is C[C@@H]1CC[C@H]2[C@H]1[C@H]1[C@@H](CC[C@]2(C)O)C1(C)C. The normalized spacial score (nSPS) is 58.7. The average Bonchev–Trinajstić information content (AvgIpc) is 2.51. The van der Waals surface area contributed by atoms with E-state index in [0.29, 0.717) is 11.3 Å². The lowest BCUT2D eigenvalue weighted by Gasteiger charge is -2.35. The van der Waals surface area contributed by atoms with Gasteiger partial charge in [0.15, 0.2) is 0 Å². The number of hydrogen-bond donors (Lipinski definition) is 1. The highest BCUT2D eigenvalue weighted by atomic mass is 16.3. The summed E-state index contributed by atoms with van der Waals surface area (Å²) in [6, 6.07) is 0. The minimum absolute atomic E-state index is 0.376. The maximum absolute atomic E-state index is 10.7. The molecule has 0 heterocycles. The second kappa shape index (κ2) is 3.04. The molecule has 0 spiro atoms. The highest BCUT2D eigenvalue weighted by Crippen LogP contribution is 2.71. The Balaban J connectivity index is 1.94. The molecule has 0 aromatic carbocycles. The van der Waals surface area contributed by atoms with Crippen molar-refractivity contribution >= 4 is 0 Å². The molecule has 0 saturated heterocycles. The van der Waals surface area contributed by atoms with Crippen LogP contribution >= 0.6 is 0 Å². The zero-order valence-corrected chi connectivity index (χ0v) is 11.2. The van der Waals surface area contributed by atoms with Gasteiger partial charge in [-0.05, 0) is 61.2 Å². The summed E-state index contributed by atoms with van der Waals surface area (Å²) in [6.45, 7) is 9.41. The van der Waals surface area contributed by atoms with Crippen LogP contribution < -0.4 is 0 Å². The number of fused-ring (bicyclic) bond motifs is 3. The van der Waals surface area contributed by atoms with Gasteiger partial charge in [-0.1, -0.05) is 27.2 Å². The lowest BCUT2D eigenvalue weighted by molar-refractivity contribution is -0.0302. The lowest BCUT2D eigenvalue weighted by Crippen LogP contribution is -2.38. The van der Waals surface area contributed by atoms with Crippen molar-refractivity contribution in [1.82, 2.24) is 0 Å². The van der Waals surface area contributed by atoms with E-state index in [4.69, 9.17) is 0 Å². The monoisotopic (exact) mass is 222 g/mol. The Morgan fingerprint density at radius 2 is 1.69 bits per heavy atom. The van der Waals surface area contributed by atoms with Crippen molar-refractivity contribution in [2.75, 3.05) is 0 Å². The van der Waals surface area contributed by atoms with Gasteiger partial charge in [-0.25, -0.2) is 0 Å². The molecule has 3 rings (SSSR count). The van der Waals surface area contributed by atoms with Crippen LogP contribution in [0.15, 0.2) is 0 Å². The van der Waals surface area contributed by atoms with E-state index in [9.17, 15) is 5.11 Å². The van der Waals surface area contributed by atoms with Gasteiger partial charge >= 0.3 is 0 Å². The Labute approximate surface area is 99.6 Å². The third kappa shape index (κ3) is 1.27. The Hall–Kier alpha value is -0.0400. The third-order valence-electron chi connectivity index (χ3n) is 6.37. The smallest absolute Gasteiger partial charge is 0.0650 e. The van der Waals surface area contributed by atoms with E-state index in [1.165, 1.54) is 19.3 Å². The molecule has 3 aliphatic carbocycles.